The van der Waals surface area contributed by atoms with Crippen molar-refractivity contribution in [1.82, 2.24) is 9.47 Å². The smallest absolute Gasteiger partial charge is 0.271 e. The van der Waals surface area contributed by atoms with Crippen molar-refractivity contribution in [1.29, 1.82) is 5.26 Å². The summed E-state index contributed by atoms with van der Waals surface area (Å²) in [6, 6.07) is 9.70. The van der Waals surface area contributed by atoms with Crippen LogP contribution in [0, 0.1) is 25.2 Å². The van der Waals surface area contributed by atoms with Gasteiger partial charge in [-0.25, -0.2) is 0 Å². The lowest BCUT2D eigenvalue weighted by Gasteiger charge is -2.17. The number of hydrogen-bond donors (Lipinski definition) is 1. The molecule has 2 heterocycles. The average molecular weight is 524 g/mol. The van der Waals surface area contributed by atoms with Crippen LogP contribution in [0.2, 0.25) is 0 Å². The second kappa shape index (κ2) is 12.2. The number of carbonyl (C=O) groups is 2. The van der Waals surface area contributed by atoms with Crippen molar-refractivity contribution >= 4 is 46.1 Å². The molecule has 1 N–H and O–H groups in total. The molecule has 36 heavy (non-hydrogen) atoms. The lowest BCUT2D eigenvalue weighted by Crippen LogP contribution is -2.30. The van der Waals surface area contributed by atoms with Gasteiger partial charge in [-0.05, 0) is 43.9 Å². The van der Waals surface area contributed by atoms with Gasteiger partial charge in [-0.1, -0.05) is 73.6 Å². The first kappa shape index (κ1) is 27.4. The minimum absolute atomic E-state index is 0.00713. The highest BCUT2D eigenvalue weighted by molar-refractivity contribution is 8.26. The van der Waals surface area contributed by atoms with Crippen LogP contribution in [0.15, 0.2) is 34.0 Å². The molecular formula is C27H29N3O4S2. The molecular weight excluding hydrogens is 494 g/mol. The molecule has 1 aromatic carbocycles. The number of aromatic hydroxyl groups is 1. The quantitative estimate of drug-likeness (QED) is 0.200. The van der Waals surface area contributed by atoms with E-state index >= 15 is 0 Å². The van der Waals surface area contributed by atoms with Crippen LogP contribution in [0.4, 0.5) is 0 Å². The molecule has 3 rings (SSSR count). The van der Waals surface area contributed by atoms with Crippen LogP contribution in [0.3, 0.4) is 0 Å². The molecule has 1 aromatic heterocycles. The highest BCUT2D eigenvalue weighted by Crippen LogP contribution is 2.33. The van der Waals surface area contributed by atoms with Crippen LogP contribution in [0.1, 0.15) is 71.6 Å². The van der Waals surface area contributed by atoms with Gasteiger partial charge in [0.15, 0.2) is 5.78 Å². The van der Waals surface area contributed by atoms with Gasteiger partial charge < -0.3 is 5.11 Å². The van der Waals surface area contributed by atoms with E-state index in [0.29, 0.717) is 22.1 Å². The van der Waals surface area contributed by atoms with Gasteiger partial charge in [-0.2, -0.15) is 5.26 Å². The van der Waals surface area contributed by atoms with Gasteiger partial charge in [0.05, 0.1) is 10.5 Å². The van der Waals surface area contributed by atoms with Gasteiger partial charge in [0, 0.05) is 19.5 Å². The molecule has 0 saturated carbocycles. The molecule has 0 aliphatic carbocycles. The Balaban J connectivity index is 1.72. The van der Waals surface area contributed by atoms with Crippen LogP contribution in [-0.4, -0.2) is 37.1 Å². The number of thioether (sulfide) groups is 1. The Morgan fingerprint density at radius 2 is 1.83 bits per heavy atom. The van der Waals surface area contributed by atoms with E-state index in [2.05, 4.69) is 0 Å². The number of unbranched alkanes of at least 4 members (excludes halogenated alkanes) is 2. The molecule has 0 bridgehead atoms. The second-order valence-electron chi connectivity index (χ2n) is 8.75. The fourth-order valence-electron chi connectivity index (χ4n) is 4.04. The Kier molecular flexibility index (Phi) is 9.24. The average Bonchev–Trinajstić information content (AvgIpc) is 3.10. The van der Waals surface area contributed by atoms with E-state index in [4.69, 9.17) is 12.2 Å². The van der Waals surface area contributed by atoms with Gasteiger partial charge in [-0.15, -0.1) is 0 Å². The normalized spacial score (nSPS) is 14.5. The molecule has 1 aliphatic rings. The largest absolute Gasteiger partial charge is 0.494 e. The number of amides is 1. The maximum absolute atomic E-state index is 13.1. The fourth-order valence-corrected chi connectivity index (χ4v) is 5.35. The van der Waals surface area contributed by atoms with Crippen molar-refractivity contribution in [2.75, 3.05) is 6.54 Å². The van der Waals surface area contributed by atoms with E-state index in [1.165, 1.54) is 23.6 Å². The summed E-state index contributed by atoms with van der Waals surface area (Å²) >= 11 is 6.62. The number of nitrogens with zero attached hydrogens (tertiary/aromatic N) is 3. The van der Waals surface area contributed by atoms with Crippen molar-refractivity contribution < 1.29 is 14.7 Å². The lowest BCUT2D eigenvalue weighted by atomic mass is 9.99. The van der Waals surface area contributed by atoms with Crippen molar-refractivity contribution in [3.8, 4) is 11.9 Å². The van der Waals surface area contributed by atoms with E-state index in [1.807, 2.05) is 44.2 Å². The van der Waals surface area contributed by atoms with Gasteiger partial charge >= 0.3 is 0 Å². The van der Waals surface area contributed by atoms with Gasteiger partial charge in [0.1, 0.15) is 16.0 Å². The zero-order valence-electron chi connectivity index (χ0n) is 20.7. The number of rotatable bonds is 10. The number of thiocarbonyl (C=S) groups is 1. The first-order valence-corrected chi connectivity index (χ1v) is 13.1. The molecule has 1 amide bonds. The highest BCUT2D eigenvalue weighted by atomic mass is 32.2. The third-order valence-electron chi connectivity index (χ3n) is 6.10. The Morgan fingerprint density at radius 3 is 2.47 bits per heavy atom. The molecule has 0 unspecified atom stereocenters. The summed E-state index contributed by atoms with van der Waals surface area (Å²) in [5, 5.41) is 20.3. The lowest BCUT2D eigenvalue weighted by molar-refractivity contribution is -0.122. The Hall–Kier alpha value is -3.22. The number of carbonyl (C=O) groups excluding carboxylic acids is 2. The number of aryl methyl sites for hydroxylation is 1. The molecule has 2 aromatic rings. The second-order valence-corrected chi connectivity index (χ2v) is 10.4. The number of ketones is 1. The minimum atomic E-state index is -0.585. The van der Waals surface area contributed by atoms with Crippen molar-refractivity contribution in [2.24, 2.45) is 0 Å². The number of pyridine rings is 1. The number of benzene rings is 1. The predicted octanol–water partition coefficient (Wildman–Crippen LogP) is 5.10. The first-order valence-electron chi connectivity index (χ1n) is 11.9. The standard InChI is InChI=1S/C27H29N3O4S2/c1-4-5-6-13-29-24(32)20(16-28)18(3)23(26(29)34)21(31)8-7-14-30-25(33)22(36-27(30)35)15-19-11-9-17(2)10-12-19/h9-12,15,34H,4-8,13-14H2,1-3H3/b22-15-. The van der Waals surface area contributed by atoms with E-state index in [1.54, 1.807) is 6.08 Å². The maximum Gasteiger partial charge on any atom is 0.271 e. The molecule has 0 spiro atoms. The van der Waals surface area contributed by atoms with Gasteiger partial charge in [0.25, 0.3) is 11.5 Å². The third-order valence-corrected chi connectivity index (χ3v) is 7.48. The fraction of sp³-hybridized carbons (Fsp3) is 0.370. The van der Waals surface area contributed by atoms with Crippen molar-refractivity contribution in [2.45, 2.75) is 59.4 Å². The van der Waals surface area contributed by atoms with Crippen molar-refractivity contribution in [3.05, 3.63) is 67.3 Å². The number of Topliss-reactive ketones (excluding diaryl/α,β-unsaturated/α-hetero) is 1. The molecule has 9 heteroatoms. The Labute approximate surface area is 220 Å². The summed E-state index contributed by atoms with van der Waals surface area (Å²) in [6.07, 6.45) is 4.58. The maximum atomic E-state index is 13.1. The van der Waals surface area contributed by atoms with Crippen LogP contribution in [0.25, 0.3) is 6.08 Å². The van der Waals surface area contributed by atoms with Crippen LogP contribution >= 0.6 is 24.0 Å². The summed E-state index contributed by atoms with van der Waals surface area (Å²) in [4.78, 5) is 40.6. The zero-order chi connectivity index (χ0) is 26.4. The monoisotopic (exact) mass is 523 g/mol. The van der Waals surface area contributed by atoms with Crippen molar-refractivity contribution in [3.63, 3.8) is 0 Å². The van der Waals surface area contributed by atoms with Gasteiger partial charge in [0.2, 0.25) is 5.88 Å². The Bertz CT molecular complexity index is 1320. The Morgan fingerprint density at radius 1 is 1.14 bits per heavy atom. The third kappa shape index (κ3) is 5.94. The van der Waals surface area contributed by atoms with E-state index in [9.17, 15) is 24.8 Å². The number of hydrogen-bond acceptors (Lipinski definition) is 7. The summed E-state index contributed by atoms with van der Waals surface area (Å²) in [6.45, 7) is 6.00. The summed E-state index contributed by atoms with van der Waals surface area (Å²) in [5.41, 5.74) is 1.49. The molecule has 7 nitrogen and oxygen atoms in total. The number of nitriles is 1. The van der Waals surface area contributed by atoms with E-state index in [-0.39, 0.29) is 47.9 Å². The molecule has 1 saturated heterocycles. The first-order chi connectivity index (χ1) is 17.2. The van der Waals surface area contributed by atoms with Crippen LogP contribution in [-0.2, 0) is 11.3 Å². The summed E-state index contributed by atoms with van der Waals surface area (Å²) in [5.74, 6) is -0.982. The summed E-state index contributed by atoms with van der Waals surface area (Å²) < 4.78 is 1.55. The van der Waals surface area contributed by atoms with Gasteiger partial charge in [-0.3, -0.25) is 23.9 Å². The number of aromatic nitrogens is 1. The highest BCUT2D eigenvalue weighted by Gasteiger charge is 2.32. The molecule has 1 aliphatic heterocycles. The van der Waals surface area contributed by atoms with E-state index < -0.39 is 11.4 Å². The topological polar surface area (TPSA) is 103 Å². The molecule has 0 radical (unpaired) electrons. The molecule has 188 valence electrons. The molecule has 0 atom stereocenters. The van der Waals surface area contributed by atoms with E-state index in [0.717, 1.165) is 28.5 Å². The zero-order valence-corrected chi connectivity index (χ0v) is 22.3. The predicted molar refractivity (Wildman–Crippen MR) is 146 cm³/mol. The SMILES string of the molecule is CCCCCn1c(O)c(C(=O)CCCN2C(=O)/C(=C/c3ccc(C)cc3)SC2=S)c(C)c(C#N)c1=O. The molecule has 1 fully saturated rings. The minimum Gasteiger partial charge on any atom is -0.494 e. The van der Waals surface area contributed by atoms with Crippen LogP contribution < -0.4 is 5.56 Å². The summed E-state index contributed by atoms with van der Waals surface area (Å²) in [7, 11) is 0. The van der Waals surface area contributed by atoms with Crippen LogP contribution in [0.5, 0.6) is 5.88 Å².